The van der Waals surface area contributed by atoms with Crippen LogP contribution in [0.5, 0.6) is 11.5 Å². The molecule has 262 valence electrons. The molecule has 0 aliphatic carbocycles. The molecule has 2 amide bonds. The zero-order valence-corrected chi connectivity index (χ0v) is 30.9. The molecule has 2 aromatic carbocycles. The van der Waals surface area contributed by atoms with Crippen molar-refractivity contribution in [1.82, 2.24) is 9.80 Å². The van der Waals surface area contributed by atoms with E-state index >= 15 is 0 Å². The second-order valence-corrected chi connectivity index (χ2v) is 15.4. The van der Waals surface area contributed by atoms with Crippen molar-refractivity contribution in [3.63, 3.8) is 0 Å². The second-order valence-electron chi connectivity index (χ2n) is 11.6. The van der Waals surface area contributed by atoms with Gasteiger partial charge in [-0.15, -0.1) is 0 Å². The summed E-state index contributed by atoms with van der Waals surface area (Å²) in [6.45, 7) is 8.54. The van der Waals surface area contributed by atoms with Gasteiger partial charge in [-0.3, -0.25) is 24.0 Å². The Morgan fingerprint density at radius 3 is 1.35 bits per heavy atom. The molecule has 1 heterocycles. The van der Waals surface area contributed by atoms with Gasteiger partial charge in [-0.2, -0.15) is 0 Å². The SMILES string of the molecule is CCCN1C(=O)[C@H](Cc2ccc(OCCCSC(C)=O)cc2)N(CCCSC(C)=O)C(=O)[C@@H]1Cc1ccc(OCCCSC(C)=O)cc1. The third-order valence-corrected chi connectivity index (χ3v) is 10.3. The van der Waals surface area contributed by atoms with Crippen molar-refractivity contribution in [3.05, 3.63) is 59.7 Å². The van der Waals surface area contributed by atoms with E-state index in [0.717, 1.165) is 36.1 Å². The van der Waals surface area contributed by atoms with Gasteiger partial charge >= 0.3 is 0 Å². The summed E-state index contributed by atoms with van der Waals surface area (Å²) in [5, 5.41) is 0.224. The van der Waals surface area contributed by atoms with Crippen LogP contribution in [0.15, 0.2) is 48.5 Å². The Hall–Kier alpha value is -2.96. The van der Waals surface area contributed by atoms with Crippen molar-refractivity contribution in [2.75, 3.05) is 43.6 Å². The normalized spacial score (nSPS) is 16.2. The van der Waals surface area contributed by atoms with Gasteiger partial charge in [0.05, 0.1) is 13.2 Å². The first-order chi connectivity index (χ1) is 23.1. The Labute approximate surface area is 297 Å². The van der Waals surface area contributed by atoms with Crippen LogP contribution >= 0.6 is 35.3 Å². The average Bonchev–Trinajstić information content (AvgIpc) is 3.05. The van der Waals surface area contributed by atoms with Crippen LogP contribution in [0.4, 0.5) is 0 Å². The summed E-state index contributed by atoms with van der Waals surface area (Å²) in [6, 6.07) is 14.0. The van der Waals surface area contributed by atoms with Crippen LogP contribution in [0, 0.1) is 0 Å². The molecule has 0 radical (unpaired) electrons. The zero-order chi connectivity index (χ0) is 34.9. The number of carbonyl (C=O) groups is 5. The highest BCUT2D eigenvalue weighted by molar-refractivity contribution is 8.14. The molecule has 0 bridgehead atoms. The third kappa shape index (κ3) is 13.5. The maximum absolute atomic E-state index is 14.2. The molecule has 2 aromatic rings. The molecule has 0 N–H and O–H groups in total. The summed E-state index contributed by atoms with van der Waals surface area (Å²) in [4.78, 5) is 65.7. The summed E-state index contributed by atoms with van der Waals surface area (Å²) in [6.07, 6.45) is 3.62. The van der Waals surface area contributed by atoms with Crippen LogP contribution < -0.4 is 9.47 Å². The van der Waals surface area contributed by atoms with Gasteiger partial charge in [0, 0.05) is 64.0 Å². The quantitative estimate of drug-likeness (QED) is 0.150. The Kier molecular flexibility index (Phi) is 17.4. The molecule has 0 spiro atoms. The monoisotopic (exact) mass is 716 g/mol. The molecule has 48 heavy (non-hydrogen) atoms. The van der Waals surface area contributed by atoms with Crippen molar-refractivity contribution in [2.45, 2.75) is 78.3 Å². The van der Waals surface area contributed by atoms with E-state index in [2.05, 4.69) is 0 Å². The van der Waals surface area contributed by atoms with Gasteiger partial charge in [0.2, 0.25) is 11.8 Å². The maximum Gasteiger partial charge on any atom is 0.246 e. The van der Waals surface area contributed by atoms with E-state index in [-0.39, 0.29) is 27.2 Å². The van der Waals surface area contributed by atoms with Gasteiger partial charge in [0.15, 0.2) is 15.3 Å². The van der Waals surface area contributed by atoms with Crippen molar-refractivity contribution in [1.29, 1.82) is 0 Å². The minimum absolute atomic E-state index is 0.0295. The molecule has 1 aliphatic heterocycles. The number of ether oxygens (including phenoxy) is 2. The standard InChI is InChI=1S/C36H48N2O7S3/c1-5-17-37-33(24-29-9-13-31(14-10-29)44-19-7-22-47-27(3)40)36(43)38(18-6-21-46-26(2)39)34(35(37)42)25-30-11-15-32(16-12-30)45-20-8-23-48-28(4)41/h9-16,33-34H,5-8,17-25H2,1-4H3/t33-,34-/m0/s1. The predicted octanol–water partition coefficient (Wildman–Crippen LogP) is 6.06. The van der Waals surface area contributed by atoms with Gasteiger partial charge in [0.25, 0.3) is 0 Å². The highest BCUT2D eigenvalue weighted by atomic mass is 32.2. The van der Waals surface area contributed by atoms with Gasteiger partial charge in [0.1, 0.15) is 23.6 Å². The fraction of sp³-hybridized carbons (Fsp3) is 0.528. The van der Waals surface area contributed by atoms with Gasteiger partial charge in [-0.05, 0) is 61.1 Å². The topological polar surface area (TPSA) is 110 Å². The minimum atomic E-state index is -0.644. The highest BCUT2D eigenvalue weighted by Crippen LogP contribution is 2.27. The van der Waals surface area contributed by atoms with E-state index < -0.39 is 12.1 Å². The molecule has 0 aromatic heterocycles. The summed E-state index contributed by atoms with van der Waals surface area (Å²) in [7, 11) is 0. The fourth-order valence-corrected chi connectivity index (χ4v) is 7.06. The first-order valence-electron chi connectivity index (χ1n) is 16.5. The molecule has 0 unspecified atom stereocenters. The molecular weight excluding hydrogens is 669 g/mol. The minimum Gasteiger partial charge on any atom is -0.494 e. The van der Waals surface area contributed by atoms with E-state index in [4.69, 9.17) is 9.47 Å². The number of nitrogens with zero attached hydrogens (tertiary/aromatic N) is 2. The van der Waals surface area contributed by atoms with Crippen LogP contribution in [-0.2, 0) is 36.8 Å². The molecule has 9 nitrogen and oxygen atoms in total. The van der Waals surface area contributed by atoms with Crippen molar-refractivity contribution in [2.24, 2.45) is 0 Å². The van der Waals surface area contributed by atoms with E-state index in [9.17, 15) is 24.0 Å². The van der Waals surface area contributed by atoms with Crippen molar-refractivity contribution >= 4 is 62.4 Å². The number of piperazine rings is 1. The van der Waals surface area contributed by atoms with E-state index in [1.807, 2.05) is 55.5 Å². The maximum atomic E-state index is 14.2. The van der Waals surface area contributed by atoms with E-state index in [1.165, 1.54) is 42.2 Å². The average molecular weight is 717 g/mol. The van der Waals surface area contributed by atoms with Crippen molar-refractivity contribution < 1.29 is 33.4 Å². The molecule has 1 saturated heterocycles. The van der Waals surface area contributed by atoms with Gasteiger partial charge in [-0.1, -0.05) is 66.5 Å². The number of hydrogen-bond donors (Lipinski definition) is 0. The Bertz CT molecular complexity index is 1350. The molecular formula is C36H48N2O7S3. The molecule has 0 saturated carbocycles. The first kappa shape index (κ1) is 39.5. The lowest BCUT2D eigenvalue weighted by atomic mass is 9.94. The van der Waals surface area contributed by atoms with Crippen LogP contribution in [0.1, 0.15) is 64.5 Å². The molecule has 3 rings (SSSR count). The summed E-state index contributed by atoms with van der Waals surface area (Å²) < 4.78 is 11.7. The van der Waals surface area contributed by atoms with E-state index in [1.54, 1.807) is 23.6 Å². The summed E-state index contributed by atoms with van der Waals surface area (Å²) >= 11 is 3.81. The number of hydrogen-bond acceptors (Lipinski definition) is 10. The van der Waals surface area contributed by atoms with Crippen LogP contribution in [0.25, 0.3) is 0 Å². The number of thioether (sulfide) groups is 3. The lowest BCUT2D eigenvalue weighted by Crippen LogP contribution is -2.66. The summed E-state index contributed by atoms with van der Waals surface area (Å²) in [5.41, 5.74) is 1.86. The molecule has 12 heteroatoms. The zero-order valence-electron chi connectivity index (χ0n) is 28.4. The van der Waals surface area contributed by atoms with Gasteiger partial charge < -0.3 is 19.3 Å². The number of carbonyl (C=O) groups excluding carboxylic acids is 5. The fourth-order valence-electron chi connectivity index (χ4n) is 5.40. The Balaban J connectivity index is 1.71. The number of rotatable bonds is 20. The van der Waals surface area contributed by atoms with Crippen LogP contribution in [0.3, 0.4) is 0 Å². The lowest BCUT2D eigenvalue weighted by Gasteiger charge is -2.45. The summed E-state index contributed by atoms with van der Waals surface area (Å²) in [5.74, 6) is 3.30. The van der Waals surface area contributed by atoms with Gasteiger partial charge in [-0.25, -0.2) is 0 Å². The number of amides is 2. The van der Waals surface area contributed by atoms with Crippen LogP contribution in [0.2, 0.25) is 0 Å². The lowest BCUT2D eigenvalue weighted by molar-refractivity contribution is -0.161. The largest absolute Gasteiger partial charge is 0.494 e. The third-order valence-electron chi connectivity index (χ3n) is 7.63. The first-order valence-corrected chi connectivity index (χ1v) is 19.5. The van der Waals surface area contributed by atoms with E-state index in [0.29, 0.717) is 68.6 Å². The van der Waals surface area contributed by atoms with Crippen LogP contribution in [-0.4, -0.2) is 92.6 Å². The smallest absolute Gasteiger partial charge is 0.246 e. The molecule has 1 fully saturated rings. The Morgan fingerprint density at radius 1 is 0.604 bits per heavy atom. The second kappa shape index (κ2) is 21.2. The molecule has 1 aliphatic rings. The van der Waals surface area contributed by atoms with Crippen molar-refractivity contribution in [3.8, 4) is 11.5 Å². The Morgan fingerprint density at radius 2 is 0.979 bits per heavy atom. The number of benzene rings is 2. The predicted molar refractivity (Wildman–Crippen MR) is 196 cm³/mol. The highest BCUT2D eigenvalue weighted by Gasteiger charge is 2.45. The molecule has 2 atom stereocenters.